The van der Waals surface area contributed by atoms with E-state index in [1.165, 1.54) is 23.8 Å². The smallest absolute Gasteiger partial charge is 0.393 e. The molecule has 4 aliphatic heterocycles. The normalized spacial score (nSPS) is 26.8. The topological polar surface area (TPSA) is 125 Å². The van der Waals surface area contributed by atoms with E-state index >= 15 is 0 Å². The molecule has 1 unspecified atom stereocenters. The second kappa shape index (κ2) is 19.1. The molecule has 0 aromatic heterocycles. The zero-order valence-corrected chi connectivity index (χ0v) is 33.2. The molecule has 0 spiro atoms. The Hall–Kier alpha value is -3.72. The molecule has 2 aromatic carbocycles. The molecule has 56 heavy (non-hydrogen) atoms. The average Bonchev–Trinajstić information content (AvgIpc) is 3.45. The summed E-state index contributed by atoms with van der Waals surface area (Å²) in [6, 6.07) is 16.4. The van der Waals surface area contributed by atoms with Crippen LogP contribution in [0.1, 0.15) is 68.9 Å². The molecule has 8 atom stereocenters. The number of hydrogen-bond donors (Lipinski definition) is 2. The minimum absolute atomic E-state index is 0.0283. The minimum atomic E-state index is -4.41. The van der Waals surface area contributed by atoms with Crippen molar-refractivity contribution in [1.82, 2.24) is 20.4 Å². The Balaban J connectivity index is 1.19. The lowest BCUT2D eigenvalue weighted by Gasteiger charge is -2.40. The Morgan fingerprint density at radius 2 is 1.29 bits per heavy atom. The summed E-state index contributed by atoms with van der Waals surface area (Å²) in [5.74, 6) is -3.69. The number of rotatable bonds is 12. The monoisotopic (exact) mass is 816 g/mol. The van der Waals surface area contributed by atoms with Gasteiger partial charge >= 0.3 is 12.1 Å². The second-order valence-corrected chi connectivity index (χ2v) is 17.8. The quantitative estimate of drug-likeness (QED) is 0.261. The van der Waals surface area contributed by atoms with Gasteiger partial charge in [-0.15, -0.1) is 23.5 Å². The van der Waals surface area contributed by atoms with Gasteiger partial charge in [-0.05, 0) is 93.3 Å². The van der Waals surface area contributed by atoms with Crippen molar-refractivity contribution in [2.45, 2.75) is 106 Å². The third-order valence-corrected chi connectivity index (χ3v) is 14.2. The summed E-state index contributed by atoms with van der Waals surface area (Å²) >= 11 is 3.07. The van der Waals surface area contributed by atoms with E-state index in [1.54, 1.807) is 16.7 Å². The molecule has 0 radical (unpaired) electrons. The Morgan fingerprint density at radius 1 is 0.750 bits per heavy atom. The largest absolute Gasteiger partial charge is 0.467 e. The summed E-state index contributed by atoms with van der Waals surface area (Å²) in [7, 11) is 1.31. The molecule has 0 aliphatic carbocycles. The number of benzene rings is 2. The van der Waals surface area contributed by atoms with E-state index in [0.717, 1.165) is 24.0 Å². The van der Waals surface area contributed by atoms with E-state index < -0.39 is 60.5 Å². The van der Waals surface area contributed by atoms with E-state index in [0.29, 0.717) is 43.6 Å². The fourth-order valence-corrected chi connectivity index (χ4v) is 11.1. The molecule has 4 aliphatic rings. The first-order chi connectivity index (χ1) is 26.9. The molecule has 304 valence electrons. The Morgan fingerprint density at radius 3 is 1.82 bits per heavy atom. The van der Waals surface area contributed by atoms with Crippen molar-refractivity contribution in [1.29, 1.82) is 0 Å². The summed E-state index contributed by atoms with van der Waals surface area (Å²) in [4.78, 5) is 71.9. The van der Waals surface area contributed by atoms with Crippen LogP contribution in [0.15, 0.2) is 60.7 Å². The van der Waals surface area contributed by atoms with Crippen LogP contribution in [-0.4, -0.2) is 99.6 Å². The number of piperidine rings is 2. The lowest BCUT2D eigenvalue weighted by Crippen LogP contribution is -2.57. The molecule has 6 rings (SSSR count). The third kappa shape index (κ3) is 10.4. The maximum absolute atomic E-state index is 14.3. The average molecular weight is 817 g/mol. The number of carbonyl (C=O) groups excluding carboxylic acids is 5. The van der Waals surface area contributed by atoms with Crippen molar-refractivity contribution in [2.75, 3.05) is 25.2 Å². The van der Waals surface area contributed by atoms with Gasteiger partial charge in [-0.2, -0.15) is 13.2 Å². The highest BCUT2D eigenvalue weighted by Crippen LogP contribution is 2.40. The van der Waals surface area contributed by atoms with Crippen LogP contribution in [0.2, 0.25) is 0 Å². The van der Waals surface area contributed by atoms with E-state index in [-0.39, 0.29) is 54.2 Å². The molecule has 10 nitrogen and oxygen atoms in total. The van der Waals surface area contributed by atoms with E-state index in [9.17, 15) is 37.1 Å². The van der Waals surface area contributed by atoms with Gasteiger partial charge < -0.3 is 25.2 Å². The number of alkyl halides is 3. The first-order valence-corrected chi connectivity index (χ1v) is 21.7. The van der Waals surface area contributed by atoms with Crippen molar-refractivity contribution in [3.63, 3.8) is 0 Å². The van der Waals surface area contributed by atoms with E-state index in [1.807, 2.05) is 60.7 Å². The second-order valence-electron chi connectivity index (χ2n) is 15.2. The van der Waals surface area contributed by atoms with E-state index in [4.69, 9.17) is 4.74 Å². The maximum Gasteiger partial charge on any atom is 0.393 e. The van der Waals surface area contributed by atoms with Crippen molar-refractivity contribution in [2.24, 2.45) is 17.8 Å². The number of esters is 1. The van der Waals surface area contributed by atoms with E-state index in [2.05, 4.69) is 10.6 Å². The number of amides is 4. The van der Waals surface area contributed by atoms with Gasteiger partial charge in [0.25, 0.3) is 0 Å². The Kier molecular flexibility index (Phi) is 14.3. The Bertz CT molecular complexity index is 1690. The van der Waals surface area contributed by atoms with Crippen LogP contribution in [0.4, 0.5) is 13.2 Å². The molecular weight excluding hydrogens is 766 g/mol. The molecular formula is C41H51F3N4O6S2. The lowest BCUT2D eigenvalue weighted by atomic mass is 9.86. The number of fused-ring (bicyclic) bond motifs is 2. The van der Waals surface area contributed by atoms with Gasteiger partial charge in [-0.25, -0.2) is 4.79 Å². The molecule has 2 aromatic rings. The number of carbonyl (C=O) groups is 5. The van der Waals surface area contributed by atoms with Crippen molar-refractivity contribution in [3.8, 4) is 0 Å². The van der Waals surface area contributed by atoms with Crippen LogP contribution < -0.4 is 10.6 Å². The molecule has 2 N–H and O–H groups in total. The fourth-order valence-electron chi connectivity index (χ4n) is 8.38. The molecule has 4 saturated heterocycles. The molecule has 15 heteroatoms. The first kappa shape index (κ1) is 41.9. The third-order valence-electron chi connectivity index (χ3n) is 11.5. The number of hydrogen-bond acceptors (Lipinski definition) is 8. The van der Waals surface area contributed by atoms with Crippen LogP contribution in [-0.2, 0) is 41.6 Å². The number of ether oxygens (including phenoxy) is 1. The van der Waals surface area contributed by atoms with Crippen LogP contribution in [0.25, 0.3) is 0 Å². The van der Waals surface area contributed by atoms with Crippen LogP contribution in [0, 0.1) is 17.8 Å². The highest BCUT2D eigenvalue weighted by atomic mass is 32.2. The highest BCUT2D eigenvalue weighted by Gasteiger charge is 2.48. The highest BCUT2D eigenvalue weighted by molar-refractivity contribution is 8.00. The number of methoxy groups -OCH3 is 1. The standard InChI is InChI=1S/C41H51F3N4O6S2/c1-54-40(53)33-13-8-14-35-48(33)39(52)32(20-22-56-35)46-37(50)29(24-27-11-6-3-7-12-27)16-15-28(23-26-9-4-2-5-10-26)36(49)45-31-19-21-55-34-18-17-30(41(42,43)44)25-47(34)38(31)51/h2-7,9-12,28-35H,8,13-25H2,1H3,(H,45,49)(H,46,50)/t28-,29-,30-,31+,32+,33+,34?,35+/m1/s1. The molecule has 4 fully saturated rings. The first-order valence-electron chi connectivity index (χ1n) is 19.6. The Labute approximate surface area is 334 Å². The maximum atomic E-state index is 14.3. The van der Waals surface area contributed by atoms with Gasteiger partial charge in [0.1, 0.15) is 18.1 Å². The van der Waals surface area contributed by atoms with Crippen molar-refractivity contribution in [3.05, 3.63) is 71.8 Å². The zero-order valence-electron chi connectivity index (χ0n) is 31.6. The molecule has 4 heterocycles. The van der Waals surface area contributed by atoms with Crippen LogP contribution >= 0.6 is 23.5 Å². The summed E-state index contributed by atoms with van der Waals surface area (Å²) in [5, 5.41) is 5.43. The van der Waals surface area contributed by atoms with Crippen LogP contribution in [0.5, 0.6) is 0 Å². The summed E-state index contributed by atoms with van der Waals surface area (Å²) in [6.07, 6.45) is -0.194. The molecule has 4 amide bonds. The van der Waals surface area contributed by atoms with Gasteiger partial charge in [0.05, 0.1) is 23.8 Å². The SMILES string of the molecule is COC(=O)[C@@H]1CCC[C@@H]2SCC[C@H](NC(=O)[C@H](CC[C@H](Cc3ccccc3)C(=O)N[C@H]3CCSC4CC[C@@H](C(F)(F)F)CN4C3=O)Cc3ccccc3)C(=O)N21. The zero-order chi connectivity index (χ0) is 39.8. The predicted octanol–water partition coefficient (Wildman–Crippen LogP) is 5.74. The van der Waals surface area contributed by atoms with Crippen molar-refractivity contribution >= 4 is 53.1 Å². The lowest BCUT2D eigenvalue weighted by molar-refractivity contribution is -0.189. The minimum Gasteiger partial charge on any atom is -0.467 e. The summed E-state index contributed by atoms with van der Waals surface area (Å²) < 4.78 is 46.2. The van der Waals surface area contributed by atoms with Crippen LogP contribution in [0.3, 0.4) is 0 Å². The fraction of sp³-hybridized carbons (Fsp3) is 0.585. The van der Waals surface area contributed by atoms with Gasteiger partial charge in [-0.1, -0.05) is 60.7 Å². The molecule has 0 bridgehead atoms. The number of halogens is 3. The summed E-state index contributed by atoms with van der Waals surface area (Å²) in [6.45, 7) is -0.417. The molecule has 0 saturated carbocycles. The van der Waals surface area contributed by atoms with Gasteiger partial charge in [0, 0.05) is 18.4 Å². The predicted molar refractivity (Wildman–Crippen MR) is 209 cm³/mol. The number of thioether (sulfide) groups is 2. The van der Waals surface area contributed by atoms with Crippen molar-refractivity contribution < 1.29 is 41.9 Å². The van der Waals surface area contributed by atoms with Gasteiger partial charge in [-0.3, -0.25) is 19.2 Å². The van der Waals surface area contributed by atoms with Gasteiger partial charge in [0.2, 0.25) is 23.6 Å². The number of nitrogens with one attached hydrogen (secondary N) is 2. The number of nitrogens with zero attached hydrogens (tertiary/aromatic N) is 2. The summed E-state index contributed by atoms with van der Waals surface area (Å²) in [5.41, 5.74) is 1.80. The van der Waals surface area contributed by atoms with Gasteiger partial charge in [0.15, 0.2) is 0 Å².